The van der Waals surface area contributed by atoms with Gasteiger partial charge in [-0.15, -0.1) is 11.3 Å². The van der Waals surface area contributed by atoms with Crippen molar-refractivity contribution in [2.75, 3.05) is 7.11 Å². The van der Waals surface area contributed by atoms with Gasteiger partial charge in [-0.3, -0.25) is 4.79 Å². The second-order valence-electron chi connectivity index (χ2n) is 4.93. The number of aryl methyl sites for hydroxylation is 2. The molecule has 0 bridgehead atoms. The van der Waals surface area contributed by atoms with Crippen LogP contribution >= 0.6 is 11.3 Å². The topological polar surface area (TPSA) is 50.4 Å². The third-order valence-electron chi connectivity index (χ3n) is 3.75. The number of carbonyl (C=O) groups is 1. The van der Waals surface area contributed by atoms with Crippen molar-refractivity contribution in [3.05, 3.63) is 35.3 Å². The van der Waals surface area contributed by atoms with E-state index in [-0.39, 0.29) is 6.42 Å². The molecule has 0 saturated heterocycles. The molecule has 3 rings (SSSR count). The van der Waals surface area contributed by atoms with E-state index in [1.54, 1.807) is 18.4 Å². The predicted octanol–water partition coefficient (Wildman–Crippen LogP) is 3.13. The number of methoxy groups -OCH3 is 1. The molecule has 0 aliphatic rings. The number of pyridine rings is 1. The highest BCUT2D eigenvalue weighted by atomic mass is 32.1. The monoisotopic (exact) mass is 302 g/mol. The molecule has 1 aromatic carbocycles. The minimum Gasteiger partial charge on any atom is -0.497 e. The first-order valence-corrected chi connectivity index (χ1v) is 7.59. The lowest BCUT2D eigenvalue weighted by Crippen LogP contribution is -2.39. The number of nitrogens with zero attached hydrogens (tertiary/aromatic N) is 1. The van der Waals surface area contributed by atoms with Crippen LogP contribution in [-0.4, -0.2) is 18.2 Å². The third kappa shape index (κ3) is 2.34. The van der Waals surface area contributed by atoms with Crippen molar-refractivity contribution in [2.45, 2.75) is 19.9 Å². The van der Waals surface area contributed by atoms with E-state index in [0.29, 0.717) is 6.54 Å². The van der Waals surface area contributed by atoms with Gasteiger partial charge < -0.3 is 9.84 Å². The molecule has 2 aromatic heterocycles. The quantitative estimate of drug-likeness (QED) is 0.753. The van der Waals surface area contributed by atoms with Crippen molar-refractivity contribution >= 4 is 38.3 Å². The number of ether oxygens (including phenoxy) is 1. The van der Waals surface area contributed by atoms with Crippen LogP contribution in [0.5, 0.6) is 5.75 Å². The van der Waals surface area contributed by atoms with Gasteiger partial charge in [0.2, 0.25) is 5.52 Å². The van der Waals surface area contributed by atoms with Crippen LogP contribution in [0.4, 0.5) is 0 Å². The number of carboxylic acids is 1. The Hall–Kier alpha value is -2.14. The van der Waals surface area contributed by atoms with Crippen molar-refractivity contribution in [3.8, 4) is 5.75 Å². The predicted molar refractivity (Wildman–Crippen MR) is 83.1 cm³/mol. The number of carboxylic acid groups (broad SMARTS) is 1. The smallest absolute Gasteiger partial charge is 0.309 e. The van der Waals surface area contributed by atoms with Gasteiger partial charge in [0.1, 0.15) is 12.2 Å². The summed E-state index contributed by atoms with van der Waals surface area (Å²) in [5, 5.41) is 13.4. The zero-order valence-electron chi connectivity index (χ0n) is 11.9. The highest BCUT2D eigenvalue weighted by Crippen LogP contribution is 2.31. The van der Waals surface area contributed by atoms with Crippen molar-refractivity contribution in [2.24, 2.45) is 0 Å². The number of aliphatic carboxylic acids is 1. The Morgan fingerprint density at radius 2 is 2.14 bits per heavy atom. The van der Waals surface area contributed by atoms with Gasteiger partial charge in [0.25, 0.3) is 0 Å². The van der Waals surface area contributed by atoms with Crippen LogP contribution in [0.25, 0.3) is 21.0 Å². The van der Waals surface area contributed by atoms with Gasteiger partial charge >= 0.3 is 5.97 Å². The van der Waals surface area contributed by atoms with Crippen LogP contribution in [-0.2, 0) is 11.3 Å². The molecule has 5 heteroatoms. The van der Waals surface area contributed by atoms with Crippen molar-refractivity contribution < 1.29 is 19.2 Å². The zero-order valence-corrected chi connectivity index (χ0v) is 12.7. The van der Waals surface area contributed by atoms with E-state index in [2.05, 4.69) is 16.0 Å². The van der Waals surface area contributed by atoms with Crippen LogP contribution in [0.1, 0.15) is 12.1 Å². The average molecular weight is 302 g/mol. The number of rotatable bonds is 4. The number of hydrogen-bond donors (Lipinski definition) is 1. The van der Waals surface area contributed by atoms with Crippen LogP contribution in [0.15, 0.2) is 29.6 Å². The highest BCUT2D eigenvalue weighted by Gasteiger charge is 2.20. The molecule has 108 valence electrons. The molecule has 21 heavy (non-hydrogen) atoms. The van der Waals surface area contributed by atoms with Crippen molar-refractivity contribution in [1.82, 2.24) is 0 Å². The lowest BCUT2D eigenvalue weighted by Gasteiger charge is -2.07. The minimum atomic E-state index is -0.789. The van der Waals surface area contributed by atoms with E-state index in [0.717, 1.165) is 22.3 Å². The molecule has 0 saturated carbocycles. The molecule has 4 nitrogen and oxygen atoms in total. The van der Waals surface area contributed by atoms with Crippen LogP contribution in [0, 0.1) is 6.92 Å². The maximum Gasteiger partial charge on any atom is 0.309 e. The number of fused-ring (bicyclic) bond motifs is 3. The minimum absolute atomic E-state index is 0.105. The molecule has 3 aromatic rings. The first-order chi connectivity index (χ1) is 10.1. The zero-order chi connectivity index (χ0) is 15.0. The molecule has 0 aliphatic carbocycles. The molecule has 0 aliphatic heterocycles. The number of hydrogen-bond acceptors (Lipinski definition) is 3. The summed E-state index contributed by atoms with van der Waals surface area (Å²) >= 11 is 1.71. The molecule has 0 radical (unpaired) electrons. The van der Waals surface area contributed by atoms with Gasteiger partial charge in [-0.2, -0.15) is 4.57 Å². The Bertz CT molecular complexity index is 838. The maximum absolute atomic E-state index is 10.9. The first-order valence-electron chi connectivity index (χ1n) is 6.71. The summed E-state index contributed by atoms with van der Waals surface area (Å²) in [5.41, 5.74) is 2.11. The van der Waals surface area contributed by atoms with Gasteiger partial charge in [0.15, 0.2) is 12.2 Å². The Kier molecular flexibility index (Phi) is 3.51. The van der Waals surface area contributed by atoms with Gasteiger partial charge in [0.05, 0.1) is 28.6 Å². The van der Waals surface area contributed by atoms with E-state index in [9.17, 15) is 4.79 Å². The molecule has 0 spiro atoms. The third-order valence-corrected chi connectivity index (χ3v) is 4.70. The lowest BCUT2D eigenvalue weighted by molar-refractivity contribution is -0.675. The number of aromatic nitrogens is 1. The molecule has 1 N–H and O–H groups in total. The van der Waals surface area contributed by atoms with Gasteiger partial charge in [-0.1, -0.05) is 0 Å². The van der Waals surface area contributed by atoms with E-state index < -0.39 is 5.97 Å². The van der Waals surface area contributed by atoms with Gasteiger partial charge in [-0.25, -0.2) is 0 Å². The van der Waals surface area contributed by atoms with Crippen molar-refractivity contribution in [1.29, 1.82) is 0 Å². The summed E-state index contributed by atoms with van der Waals surface area (Å²) in [6.07, 6.45) is 0.105. The molecule has 0 unspecified atom stereocenters. The lowest BCUT2D eigenvalue weighted by atomic mass is 10.1. The Balaban J connectivity index is 2.32. The summed E-state index contributed by atoms with van der Waals surface area (Å²) in [4.78, 5) is 10.9. The second-order valence-corrected chi connectivity index (χ2v) is 5.84. The first kappa shape index (κ1) is 13.8. The Labute approximate surface area is 126 Å². The number of thiophene rings is 1. The molecular weight excluding hydrogens is 286 g/mol. The van der Waals surface area contributed by atoms with E-state index in [4.69, 9.17) is 9.84 Å². The van der Waals surface area contributed by atoms with Crippen LogP contribution in [0.2, 0.25) is 0 Å². The van der Waals surface area contributed by atoms with E-state index in [1.165, 1.54) is 10.1 Å². The summed E-state index contributed by atoms with van der Waals surface area (Å²) in [6.45, 7) is 2.49. The molecule has 0 fully saturated rings. The second kappa shape index (κ2) is 5.33. The summed E-state index contributed by atoms with van der Waals surface area (Å²) in [6, 6.07) is 8.06. The summed E-state index contributed by atoms with van der Waals surface area (Å²) < 4.78 is 8.61. The fraction of sp³-hybridized carbons (Fsp3) is 0.250. The SMILES string of the molecule is COc1ccc2c3sccc3c(C)[n+](CCC(=O)O)c2c1. The fourth-order valence-electron chi connectivity index (χ4n) is 2.68. The van der Waals surface area contributed by atoms with Gasteiger partial charge in [0, 0.05) is 6.92 Å². The maximum atomic E-state index is 10.9. The van der Waals surface area contributed by atoms with Gasteiger partial charge in [-0.05, 0) is 23.6 Å². The molecule has 2 heterocycles. The van der Waals surface area contributed by atoms with Crippen LogP contribution in [0.3, 0.4) is 0 Å². The molecule has 0 atom stereocenters. The number of benzene rings is 1. The summed E-state index contributed by atoms with van der Waals surface area (Å²) in [7, 11) is 1.64. The molecular formula is C16H16NO3S+. The molecule has 0 amide bonds. The Morgan fingerprint density at radius 1 is 1.33 bits per heavy atom. The largest absolute Gasteiger partial charge is 0.497 e. The van der Waals surface area contributed by atoms with E-state index >= 15 is 0 Å². The van der Waals surface area contributed by atoms with Crippen molar-refractivity contribution in [3.63, 3.8) is 0 Å². The fourth-order valence-corrected chi connectivity index (χ4v) is 3.66. The normalized spacial score (nSPS) is 11.1. The highest BCUT2D eigenvalue weighted by molar-refractivity contribution is 7.18. The Morgan fingerprint density at radius 3 is 2.86 bits per heavy atom. The van der Waals surface area contributed by atoms with Crippen LogP contribution < -0.4 is 9.30 Å². The van der Waals surface area contributed by atoms with E-state index in [1.807, 2.05) is 25.1 Å². The average Bonchev–Trinajstić information content (AvgIpc) is 2.96. The summed E-state index contributed by atoms with van der Waals surface area (Å²) in [5.74, 6) is -0.00903. The standard InChI is InChI=1S/C16H15NO3S/c1-10-12-6-8-21-16(12)13-4-3-11(20-2)9-14(13)17(10)7-5-15(18)19/h3-4,6,8-9H,5,7H2,1-2H3/p+1.